The van der Waals surface area contributed by atoms with Crippen molar-refractivity contribution in [1.29, 1.82) is 0 Å². The number of rotatable bonds is 3. The van der Waals surface area contributed by atoms with E-state index >= 15 is 0 Å². The second-order valence-electron chi connectivity index (χ2n) is 4.55. The quantitative estimate of drug-likeness (QED) is 0.721. The first-order valence-electron chi connectivity index (χ1n) is 6.36. The largest absolute Gasteiger partial charge is 0.438 e. The first-order valence-corrected chi connectivity index (χ1v) is 6.36. The van der Waals surface area contributed by atoms with E-state index in [0.29, 0.717) is 22.9 Å². The van der Waals surface area contributed by atoms with Crippen molar-refractivity contribution >= 4 is 22.4 Å². The van der Waals surface area contributed by atoms with Crippen molar-refractivity contribution in [2.45, 2.75) is 0 Å². The van der Waals surface area contributed by atoms with Crippen molar-refractivity contribution < 1.29 is 9.53 Å². The molecule has 0 unspecified atom stereocenters. The summed E-state index contributed by atoms with van der Waals surface area (Å²) in [5.41, 5.74) is 12.2. The average molecular weight is 279 g/mol. The molecule has 0 atom stereocenters. The lowest BCUT2D eigenvalue weighted by Gasteiger charge is -2.10. The fraction of sp³-hybridized carbons (Fsp3) is 0. The smallest absolute Gasteiger partial charge is 0.250 e. The maximum atomic E-state index is 11.0. The number of hydrogen-bond acceptors (Lipinski definition) is 4. The monoisotopic (exact) mass is 279 g/mol. The van der Waals surface area contributed by atoms with Crippen LogP contribution in [-0.2, 0) is 0 Å². The minimum absolute atomic E-state index is 0.338. The van der Waals surface area contributed by atoms with Crippen LogP contribution in [0.2, 0.25) is 0 Å². The number of pyridine rings is 1. The summed E-state index contributed by atoms with van der Waals surface area (Å²) < 4.78 is 5.76. The molecule has 3 aromatic rings. The maximum Gasteiger partial charge on any atom is 0.250 e. The summed E-state index contributed by atoms with van der Waals surface area (Å²) in [7, 11) is 0. The van der Waals surface area contributed by atoms with E-state index in [1.54, 1.807) is 24.3 Å². The normalized spacial score (nSPS) is 10.5. The van der Waals surface area contributed by atoms with Crippen LogP contribution in [-0.4, -0.2) is 10.9 Å². The molecule has 1 aromatic heterocycles. The summed E-state index contributed by atoms with van der Waals surface area (Å²) in [6, 6.07) is 14.5. The first-order chi connectivity index (χ1) is 10.1. The zero-order chi connectivity index (χ0) is 14.8. The molecule has 0 saturated carbocycles. The number of nitrogens with zero attached hydrogens (tertiary/aromatic N) is 1. The Kier molecular flexibility index (Phi) is 3.16. The van der Waals surface area contributed by atoms with Crippen LogP contribution in [0.4, 0.5) is 5.69 Å². The van der Waals surface area contributed by atoms with E-state index in [9.17, 15) is 4.79 Å². The van der Waals surface area contributed by atoms with Gasteiger partial charge in [0.15, 0.2) is 0 Å². The molecule has 0 spiro atoms. The van der Waals surface area contributed by atoms with Gasteiger partial charge in [0.25, 0.3) is 0 Å². The van der Waals surface area contributed by atoms with Crippen molar-refractivity contribution in [1.82, 2.24) is 4.98 Å². The number of nitrogens with two attached hydrogens (primary N) is 2. The number of benzene rings is 2. The summed E-state index contributed by atoms with van der Waals surface area (Å²) in [5.74, 6) is 0.515. The molecule has 0 aliphatic heterocycles. The molecule has 21 heavy (non-hydrogen) atoms. The molecule has 4 N–H and O–H groups in total. The molecule has 5 heteroatoms. The minimum Gasteiger partial charge on any atom is -0.438 e. The highest BCUT2D eigenvalue weighted by molar-refractivity contribution is 5.97. The maximum absolute atomic E-state index is 11.0. The van der Waals surface area contributed by atoms with Crippen LogP contribution in [0, 0.1) is 0 Å². The fourth-order valence-corrected chi connectivity index (χ4v) is 2.08. The number of carbonyl (C=O) groups is 1. The lowest BCUT2D eigenvalue weighted by atomic mass is 10.1. The van der Waals surface area contributed by atoms with Gasteiger partial charge in [0.1, 0.15) is 5.75 Å². The Morgan fingerprint density at radius 2 is 1.76 bits per heavy atom. The van der Waals surface area contributed by atoms with Gasteiger partial charge >= 0.3 is 0 Å². The molecule has 2 aromatic carbocycles. The Morgan fingerprint density at radius 1 is 1.00 bits per heavy atom. The fourth-order valence-electron chi connectivity index (χ4n) is 2.08. The standard InChI is InChI=1S/C16H13N3O2/c17-13-6-7-14(12-4-2-1-3-11(12)13)21-15-8-5-10(9-19-15)16(18)20/h1-9H,17H2,(H2,18,20). The average Bonchev–Trinajstić information content (AvgIpc) is 2.51. The summed E-state index contributed by atoms with van der Waals surface area (Å²) in [6.45, 7) is 0. The molecule has 104 valence electrons. The highest BCUT2D eigenvalue weighted by Gasteiger charge is 2.07. The van der Waals surface area contributed by atoms with Gasteiger partial charge in [-0.2, -0.15) is 0 Å². The summed E-state index contributed by atoms with van der Waals surface area (Å²) in [4.78, 5) is 15.1. The predicted octanol–water partition coefficient (Wildman–Crippen LogP) is 2.71. The van der Waals surface area contributed by atoms with Crippen LogP contribution in [0.5, 0.6) is 11.6 Å². The number of fused-ring (bicyclic) bond motifs is 1. The number of anilines is 1. The first kappa shape index (κ1) is 12.9. The summed E-state index contributed by atoms with van der Waals surface area (Å²) >= 11 is 0. The van der Waals surface area contributed by atoms with E-state index in [1.807, 2.05) is 24.3 Å². The van der Waals surface area contributed by atoms with Crippen LogP contribution in [0.3, 0.4) is 0 Å². The topological polar surface area (TPSA) is 91.2 Å². The molecular formula is C16H13N3O2. The molecular weight excluding hydrogens is 266 g/mol. The van der Waals surface area contributed by atoms with Crippen molar-refractivity contribution in [2.75, 3.05) is 5.73 Å². The van der Waals surface area contributed by atoms with Gasteiger partial charge in [0.2, 0.25) is 11.8 Å². The number of primary amides is 1. The van der Waals surface area contributed by atoms with E-state index in [2.05, 4.69) is 4.98 Å². The van der Waals surface area contributed by atoms with Crippen LogP contribution >= 0.6 is 0 Å². The Bertz CT molecular complexity index is 813. The summed E-state index contributed by atoms with van der Waals surface area (Å²) in [5, 5.41) is 1.82. The van der Waals surface area contributed by atoms with Crippen LogP contribution in [0.1, 0.15) is 10.4 Å². The number of carbonyl (C=O) groups excluding carboxylic acids is 1. The third-order valence-electron chi connectivity index (χ3n) is 3.15. The lowest BCUT2D eigenvalue weighted by Crippen LogP contribution is -2.10. The van der Waals surface area contributed by atoms with Gasteiger partial charge in [0.05, 0.1) is 5.56 Å². The number of ether oxygens (including phenoxy) is 1. The van der Waals surface area contributed by atoms with Gasteiger partial charge in [-0.25, -0.2) is 4.98 Å². The minimum atomic E-state index is -0.521. The molecule has 0 bridgehead atoms. The highest BCUT2D eigenvalue weighted by atomic mass is 16.5. The van der Waals surface area contributed by atoms with Crippen molar-refractivity contribution in [2.24, 2.45) is 5.73 Å². The van der Waals surface area contributed by atoms with E-state index in [1.165, 1.54) is 6.20 Å². The van der Waals surface area contributed by atoms with Gasteiger partial charge in [-0.1, -0.05) is 24.3 Å². The third kappa shape index (κ3) is 2.49. The molecule has 0 aliphatic rings. The Hall–Kier alpha value is -3.08. The van der Waals surface area contributed by atoms with Gasteiger partial charge in [-0.3, -0.25) is 4.79 Å². The number of hydrogen-bond donors (Lipinski definition) is 2. The van der Waals surface area contributed by atoms with E-state index in [0.717, 1.165) is 10.8 Å². The van der Waals surface area contributed by atoms with Crippen LogP contribution in [0.15, 0.2) is 54.7 Å². The highest BCUT2D eigenvalue weighted by Crippen LogP contribution is 2.32. The van der Waals surface area contributed by atoms with E-state index in [-0.39, 0.29) is 0 Å². The summed E-state index contributed by atoms with van der Waals surface area (Å²) in [6.07, 6.45) is 1.39. The molecule has 0 saturated heterocycles. The molecule has 0 fully saturated rings. The van der Waals surface area contributed by atoms with Gasteiger partial charge in [-0.05, 0) is 18.2 Å². The third-order valence-corrected chi connectivity index (χ3v) is 3.15. The van der Waals surface area contributed by atoms with Crippen molar-refractivity contribution in [3.63, 3.8) is 0 Å². The molecule has 3 rings (SSSR count). The molecule has 1 heterocycles. The number of nitrogen functional groups attached to an aromatic ring is 1. The SMILES string of the molecule is NC(=O)c1ccc(Oc2ccc(N)c3ccccc23)nc1. The second-order valence-corrected chi connectivity index (χ2v) is 4.55. The van der Waals surface area contributed by atoms with Gasteiger partial charge in [-0.15, -0.1) is 0 Å². The van der Waals surface area contributed by atoms with Crippen molar-refractivity contribution in [3.8, 4) is 11.6 Å². The Labute approximate surface area is 121 Å². The molecule has 1 amide bonds. The molecule has 5 nitrogen and oxygen atoms in total. The number of aromatic nitrogens is 1. The molecule has 0 aliphatic carbocycles. The van der Waals surface area contributed by atoms with E-state index < -0.39 is 5.91 Å². The zero-order valence-electron chi connectivity index (χ0n) is 11.1. The molecule has 0 radical (unpaired) electrons. The van der Waals surface area contributed by atoms with Crippen LogP contribution in [0.25, 0.3) is 10.8 Å². The predicted molar refractivity (Wildman–Crippen MR) is 81.2 cm³/mol. The van der Waals surface area contributed by atoms with Crippen LogP contribution < -0.4 is 16.2 Å². The Morgan fingerprint density at radius 3 is 2.43 bits per heavy atom. The van der Waals surface area contributed by atoms with Crippen molar-refractivity contribution in [3.05, 3.63) is 60.3 Å². The van der Waals surface area contributed by atoms with E-state index in [4.69, 9.17) is 16.2 Å². The van der Waals surface area contributed by atoms with Gasteiger partial charge < -0.3 is 16.2 Å². The second kappa shape index (κ2) is 5.13. The number of amides is 1. The zero-order valence-corrected chi connectivity index (χ0v) is 11.1. The lowest BCUT2D eigenvalue weighted by molar-refractivity contribution is 0.1000. The Balaban J connectivity index is 1.98. The van der Waals surface area contributed by atoms with Gasteiger partial charge in [0, 0.05) is 28.7 Å².